The average Bonchev–Trinajstić information content (AvgIpc) is 2.13. The highest BCUT2D eigenvalue weighted by atomic mass is 28.3. The molecule has 2 atom stereocenters. The lowest BCUT2D eigenvalue weighted by Gasteiger charge is -2.17. The molecule has 0 saturated heterocycles. The van der Waals surface area contributed by atoms with Gasteiger partial charge in [-0.3, -0.25) is 0 Å². The normalized spacial score (nSPS) is 15.4. The molecular formula is C11H26O2Si. The third-order valence-electron chi connectivity index (χ3n) is 2.29. The smallest absolute Gasteiger partial charge is 0.318 e. The molecule has 0 rings (SSSR count). The Morgan fingerprint density at radius 2 is 1.86 bits per heavy atom. The van der Waals surface area contributed by atoms with Gasteiger partial charge in [0.15, 0.2) is 0 Å². The highest BCUT2D eigenvalue weighted by Crippen LogP contribution is 2.08. The summed E-state index contributed by atoms with van der Waals surface area (Å²) in [5, 5.41) is 0. The van der Waals surface area contributed by atoms with Crippen LogP contribution in [0.25, 0.3) is 0 Å². The molecule has 0 N–H and O–H groups in total. The first-order chi connectivity index (χ1) is 6.70. The minimum Gasteiger partial charge on any atom is -0.397 e. The fourth-order valence-electron chi connectivity index (χ4n) is 1.53. The maximum absolute atomic E-state index is 5.79. The molecule has 86 valence electrons. The topological polar surface area (TPSA) is 18.5 Å². The van der Waals surface area contributed by atoms with Gasteiger partial charge in [0.05, 0.1) is 0 Å². The van der Waals surface area contributed by atoms with Gasteiger partial charge >= 0.3 is 9.28 Å². The molecule has 0 aromatic rings. The van der Waals surface area contributed by atoms with E-state index in [1.807, 2.05) is 6.92 Å². The van der Waals surface area contributed by atoms with Crippen LogP contribution in [0.1, 0.15) is 52.9 Å². The number of unbranched alkanes of at least 4 members (excludes halogenated alkanes) is 3. The Kier molecular flexibility index (Phi) is 9.78. The van der Waals surface area contributed by atoms with Gasteiger partial charge in [-0.25, -0.2) is 0 Å². The van der Waals surface area contributed by atoms with Crippen molar-refractivity contribution in [1.29, 1.82) is 0 Å². The second-order valence-corrected chi connectivity index (χ2v) is 5.56. The summed E-state index contributed by atoms with van der Waals surface area (Å²) in [5.41, 5.74) is 0. The molecule has 0 amide bonds. The Morgan fingerprint density at radius 3 is 2.43 bits per heavy atom. The lowest BCUT2D eigenvalue weighted by molar-refractivity contribution is 0.146. The van der Waals surface area contributed by atoms with Gasteiger partial charge in [0.2, 0.25) is 0 Å². The van der Waals surface area contributed by atoms with Crippen molar-refractivity contribution in [1.82, 2.24) is 0 Å². The Labute approximate surface area is 90.8 Å². The third kappa shape index (κ3) is 8.72. The van der Waals surface area contributed by atoms with E-state index in [2.05, 4.69) is 20.4 Å². The second-order valence-electron chi connectivity index (χ2n) is 3.82. The van der Waals surface area contributed by atoms with Crippen LogP contribution in [0, 0.1) is 0 Å². The molecule has 0 radical (unpaired) electrons. The molecule has 0 aliphatic carbocycles. The van der Waals surface area contributed by atoms with Crippen LogP contribution in [0.4, 0.5) is 0 Å². The number of hydrogen-bond donors (Lipinski definition) is 0. The molecule has 0 spiro atoms. The molecule has 14 heavy (non-hydrogen) atoms. The molecule has 0 aliphatic heterocycles. The standard InChI is InChI=1S/C11H26O2Si/c1-5-7-8-9-10-11(3)13-14(4)12-6-2/h11,14H,5-10H2,1-4H3. The van der Waals surface area contributed by atoms with Gasteiger partial charge in [-0.1, -0.05) is 32.6 Å². The number of hydrogen-bond acceptors (Lipinski definition) is 2. The molecule has 0 heterocycles. The van der Waals surface area contributed by atoms with Gasteiger partial charge in [0.1, 0.15) is 0 Å². The van der Waals surface area contributed by atoms with Gasteiger partial charge < -0.3 is 8.85 Å². The first-order valence-corrected chi connectivity index (χ1v) is 8.07. The molecule has 0 saturated carbocycles. The van der Waals surface area contributed by atoms with Crippen molar-refractivity contribution in [3.63, 3.8) is 0 Å². The summed E-state index contributed by atoms with van der Waals surface area (Å²) in [6, 6.07) is 0. The third-order valence-corrected chi connectivity index (χ3v) is 3.94. The van der Waals surface area contributed by atoms with E-state index in [1.54, 1.807) is 0 Å². The summed E-state index contributed by atoms with van der Waals surface area (Å²) in [6.45, 7) is 9.32. The minimum absolute atomic E-state index is 0.389. The van der Waals surface area contributed by atoms with Crippen LogP contribution in [0.3, 0.4) is 0 Å². The Balaban J connectivity index is 3.30. The van der Waals surface area contributed by atoms with Crippen LogP contribution in [-0.4, -0.2) is 22.0 Å². The first-order valence-electron chi connectivity index (χ1n) is 5.97. The van der Waals surface area contributed by atoms with Crippen molar-refractivity contribution in [2.45, 2.75) is 65.5 Å². The van der Waals surface area contributed by atoms with Crippen LogP contribution in [0.2, 0.25) is 6.55 Å². The second kappa shape index (κ2) is 9.68. The van der Waals surface area contributed by atoms with Crippen molar-refractivity contribution >= 4 is 9.28 Å². The lowest BCUT2D eigenvalue weighted by atomic mass is 10.1. The maximum atomic E-state index is 5.79. The van der Waals surface area contributed by atoms with E-state index in [1.165, 1.54) is 32.1 Å². The quantitative estimate of drug-likeness (QED) is 0.437. The molecule has 2 unspecified atom stereocenters. The molecule has 2 nitrogen and oxygen atoms in total. The average molecular weight is 218 g/mol. The van der Waals surface area contributed by atoms with Crippen LogP contribution < -0.4 is 0 Å². The molecule has 0 aliphatic rings. The summed E-state index contributed by atoms with van der Waals surface area (Å²) in [7, 11) is -1.32. The van der Waals surface area contributed by atoms with E-state index in [0.717, 1.165) is 6.61 Å². The van der Waals surface area contributed by atoms with E-state index < -0.39 is 9.28 Å². The van der Waals surface area contributed by atoms with E-state index in [0.29, 0.717) is 6.10 Å². The monoisotopic (exact) mass is 218 g/mol. The predicted molar refractivity (Wildman–Crippen MR) is 63.9 cm³/mol. The molecule has 3 heteroatoms. The summed E-state index contributed by atoms with van der Waals surface area (Å²) in [4.78, 5) is 0. The van der Waals surface area contributed by atoms with Crippen molar-refractivity contribution in [3.05, 3.63) is 0 Å². The zero-order chi connectivity index (χ0) is 10.8. The van der Waals surface area contributed by atoms with Crippen molar-refractivity contribution in [2.75, 3.05) is 6.61 Å². The highest BCUT2D eigenvalue weighted by molar-refractivity contribution is 6.42. The minimum atomic E-state index is -1.32. The van der Waals surface area contributed by atoms with Gasteiger partial charge in [0, 0.05) is 12.7 Å². The summed E-state index contributed by atoms with van der Waals surface area (Å²) < 4.78 is 11.2. The van der Waals surface area contributed by atoms with Gasteiger partial charge in [-0.15, -0.1) is 0 Å². The highest BCUT2D eigenvalue weighted by Gasteiger charge is 2.09. The largest absolute Gasteiger partial charge is 0.397 e. The molecule has 0 aromatic carbocycles. The van der Waals surface area contributed by atoms with Crippen molar-refractivity contribution in [3.8, 4) is 0 Å². The summed E-state index contributed by atoms with van der Waals surface area (Å²) in [5.74, 6) is 0. The molecule has 0 aromatic heterocycles. The van der Waals surface area contributed by atoms with Gasteiger partial charge in [-0.2, -0.15) is 0 Å². The van der Waals surface area contributed by atoms with E-state index in [-0.39, 0.29) is 0 Å². The zero-order valence-corrected chi connectivity index (χ0v) is 11.4. The molecule has 0 fully saturated rings. The van der Waals surface area contributed by atoms with Crippen LogP contribution >= 0.6 is 0 Å². The Hall–Kier alpha value is 0.137. The number of rotatable bonds is 9. The maximum Gasteiger partial charge on any atom is 0.318 e. The summed E-state index contributed by atoms with van der Waals surface area (Å²) in [6.07, 6.45) is 6.87. The molecular weight excluding hydrogens is 192 g/mol. The van der Waals surface area contributed by atoms with E-state index >= 15 is 0 Å². The fourth-order valence-corrected chi connectivity index (χ4v) is 2.87. The van der Waals surface area contributed by atoms with Crippen molar-refractivity contribution < 1.29 is 8.85 Å². The van der Waals surface area contributed by atoms with Gasteiger partial charge in [0.25, 0.3) is 0 Å². The fraction of sp³-hybridized carbons (Fsp3) is 1.00. The van der Waals surface area contributed by atoms with Crippen molar-refractivity contribution in [2.24, 2.45) is 0 Å². The SMILES string of the molecule is CCCCCCC(C)O[SiH](C)OCC. The van der Waals surface area contributed by atoms with Crippen LogP contribution in [-0.2, 0) is 8.85 Å². The summed E-state index contributed by atoms with van der Waals surface area (Å²) >= 11 is 0. The van der Waals surface area contributed by atoms with Crippen LogP contribution in [0.5, 0.6) is 0 Å². The molecule has 0 bridgehead atoms. The Morgan fingerprint density at radius 1 is 1.14 bits per heavy atom. The zero-order valence-electron chi connectivity index (χ0n) is 10.2. The first kappa shape index (κ1) is 14.1. The lowest BCUT2D eigenvalue weighted by Crippen LogP contribution is -2.24. The predicted octanol–water partition coefficient (Wildman–Crippen LogP) is 3.25. The Bertz CT molecular complexity index is 120. The van der Waals surface area contributed by atoms with Gasteiger partial charge in [-0.05, 0) is 26.8 Å². The van der Waals surface area contributed by atoms with E-state index in [9.17, 15) is 0 Å². The van der Waals surface area contributed by atoms with E-state index in [4.69, 9.17) is 8.85 Å². The van der Waals surface area contributed by atoms with Crippen LogP contribution in [0.15, 0.2) is 0 Å².